The molecule has 2 atom stereocenters. The third-order valence-electron chi connectivity index (χ3n) is 8.80. The molecule has 2 heterocycles. The van der Waals surface area contributed by atoms with E-state index in [2.05, 4.69) is 42.0 Å². The number of amides is 8. The van der Waals surface area contributed by atoms with Crippen molar-refractivity contribution in [2.45, 2.75) is 123 Å². The number of rotatable bonds is 23. The monoisotopic (exact) mass is 748 g/mol. The van der Waals surface area contributed by atoms with Crippen LogP contribution in [0, 0.1) is 11.3 Å². The van der Waals surface area contributed by atoms with Gasteiger partial charge in [-0.3, -0.25) is 48.2 Å². The molecule has 1 saturated heterocycles. The molecule has 2 aliphatic heterocycles. The van der Waals surface area contributed by atoms with Crippen molar-refractivity contribution in [2.24, 2.45) is 11.3 Å². The molecule has 0 aliphatic carbocycles. The predicted octanol–water partition coefficient (Wildman–Crippen LogP) is 2.60. The van der Waals surface area contributed by atoms with E-state index in [1.54, 1.807) is 11.8 Å². The summed E-state index contributed by atoms with van der Waals surface area (Å²) in [5.74, 6) is -2.18. The van der Waals surface area contributed by atoms with Gasteiger partial charge in [0.2, 0.25) is 35.4 Å². The largest absolute Gasteiger partial charge is 0.356 e. The topological polar surface area (TPSA) is 191 Å². The summed E-state index contributed by atoms with van der Waals surface area (Å²) < 4.78 is 0.134. The van der Waals surface area contributed by atoms with Gasteiger partial charge in [-0.25, -0.2) is 0 Å². The molecule has 0 aromatic rings. The highest BCUT2D eigenvalue weighted by atomic mass is 32.2. The minimum absolute atomic E-state index is 0.00994. The molecule has 1 fully saturated rings. The average molecular weight is 749 g/mol. The maximum Gasteiger partial charge on any atom is 0.253 e. The first-order valence-electron chi connectivity index (χ1n) is 18.5. The van der Waals surface area contributed by atoms with Crippen LogP contribution in [0.25, 0.3) is 0 Å². The molecule has 0 saturated carbocycles. The van der Waals surface area contributed by atoms with Crippen LogP contribution in [-0.2, 0) is 38.4 Å². The summed E-state index contributed by atoms with van der Waals surface area (Å²) in [4.78, 5) is 101. The fraction of sp³-hybridized carbons (Fsp3) is 0.730. The first kappa shape index (κ1) is 44.4. The number of nitrogens with zero attached hydrogens (tertiary/aromatic N) is 2. The van der Waals surface area contributed by atoms with Crippen LogP contribution >= 0.6 is 11.8 Å². The number of hydrogen-bond acceptors (Lipinski definition) is 9. The standard InChI is InChI=1S/C37H60N6O8S/c1-36(2,3)26-25-33(49)43(35(26)51)23-17-30(46)41-27(13-9-12-20-38-28(44)16-22-42-31(47)14-15-32(42)48)34(50)40-21-11-8-7-10-19-39-29(45)18-24-52-37(4,5)6/h14-15,26-27H,7-13,16-25H2,1-6H3,(H,38,44)(H,39,45)(H,40,50)(H,41,46)/t26?,27-/m0/s1. The van der Waals surface area contributed by atoms with E-state index in [-0.39, 0.29) is 72.0 Å². The summed E-state index contributed by atoms with van der Waals surface area (Å²) in [6.07, 6.45) is 7.43. The summed E-state index contributed by atoms with van der Waals surface area (Å²) in [6, 6.07) is -0.846. The fourth-order valence-corrected chi connectivity index (χ4v) is 6.60. The summed E-state index contributed by atoms with van der Waals surface area (Å²) in [7, 11) is 0. The van der Waals surface area contributed by atoms with E-state index in [1.807, 2.05) is 20.8 Å². The van der Waals surface area contributed by atoms with Gasteiger partial charge in [0.15, 0.2) is 0 Å². The highest BCUT2D eigenvalue weighted by molar-refractivity contribution is 8.00. The SMILES string of the molecule is CC(C)(C)SCCC(=O)NCCCCCCNC(=O)[C@H](CCCCNC(=O)CCN1C(=O)C=CC1=O)NC(=O)CCN1C(=O)CC(C(C)(C)C)C1=O. The van der Waals surface area contributed by atoms with Gasteiger partial charge in [0.1, 0.15) is 6.04 Å². The van der Waals surface area contributed by atoms with Crippen LogP contribution in [0.2, 0.25) is 0 Å². The average Bonchev–Trinajstić information content (AvgIpc) is 3.53. The smallest absolute Gasteiger partial charge is 0.253 e. The number of carbonyl (C=O) groups excluding carboxylic acids is 8. The normalized spacial score (nSPS) is 16.8. The van der Waals surface area contributed by atoms with Gasteiger partial charge in [0.25, 0.3) is 11.8 Å². The van der Waals surface area contributed by atoms with Crippen LogP contribution in [0.5, 0.6) is 0 Å². The molecular weight excluding hydrogens is 689 g/mol. The molecule has 0 spiro atoms. The lowest BCUT2D eigenvalue weighted by Gasteiger charge is -2.25. The van der Waals surface area contributed by atoms with Crippen molar-refractivity contribution in [2.75, 3.05) is 38.5 Å². The molecule has 2 rings (SSSR count). The highest BCUT2D eigenvalue weighted by Crippen LogP contribution is 2.35. The second-order valence-corrected chi connectivity index (χ2v) is 17.3. The molecule has 0 bridgehead atoms. The lowest BCUT2D eigenvalue weighted by Crippen LogP contribution is -2.47. The van der Waals surface area contributed by atoms with Gasteiger partial charge in [-0.05, 0) is 37.5 Å². The fourth-order valence-electron chi connectivity index (χ4n) is 5.70. The van der Waals surface area contributed by atoms with Gasteiger partial charge >= 0.3 is 0 Å². The Morgan fingerprint density at radius 2 is 1.23 bits per heavy atom. The Hall–Kier alpha value is -3.75. The van der Waals surface area contributed by atoms with Crippen LogP contribution in [0.4, 0.5) is 0 Å². The number of unbranched alkanes of at least 4 members (excludes halogenated alkanes) is 4. The Kier molecular flexibility index (Phi) is 18.5. The molecule has 0 aromatic carbocycles. The minimum atomic E-state index is -0.846. The van der Waals surface area contributed by atoms with E-state index < -0.39 is 29.7 Å². The number of thioether (sulfide) groups is 1. The number of hydrogen-bond donors (Lipinski definition) is 4. The Morgan fingerprint density at radius 1 is 0.712 bits per heavy atom. The maximum absolute atomic E-state index is 13.2. The van der Waals surface area contributed by atoms with Crippen molar-refractivity contribution in [3.05, 3.63) is 12.2 Å². The zero-order chi connectivity index (χ0) is 38.9. The second kappa shape index (κ2) is 21.7. The maximum atomic E-state index is 13.2. The molecule has 15 heteroatoms. The first-order chi connectivity index (χ1) is 24.4. The molecule has 1 unspecified atom stereocenters. The van der Waals surface area contributed by atoms with E-state index >= 15 is 0 Å². The number of nitrogens with one attached hydrogen (secondary N) is 4. The van der Waals surface area contributed by atoms with E-state index in [0.717, 1.165) is 41.2 Å². The quantitative estimate of drug-likeness (QED) is 0.0899. The molecule has 2 aliphatic rings. The molecule has 292 valence electrons. The Labute approximate surface area is 312 Å². The number of likely N-dealkylation sites (tertiary alicyclic amines) is 1. The third kappa shape index (κ3) is 16.7. The lowest BCUT2D eigenvalue weighted by molar-refractivity contribution is -0.141. The van der Waals surface area contributed by atoms with Crippen molar-refractivity contribution in [3.63, 3.8) is 0 Å². The minimum Gasteiger partial charge on any atom is -0.356 e. The first-order valence-corrected chi connectivity index (χ1v) is 19.5. The Morgan fingerprint density at radius 3 is 1.79 bits per heavy atom. The van der Waals surface area contributed by atoms with E-state index in [0.29, 0.717) is 45.3 Å². The summed E-state index contributed by atoms with van der Waals surface area (Å²) in [5, 5.41) is 11.4. The molecule has 8 amide bonds. The molecule has 52 heavy (non-hydrogen) atoms. The summed E-state index contributed by atoms with van der Waals surface area (Å²) >= 11 is 1.76. The van der Waals surface area contributed by atoms with Crippen LogP contribution in [0.1, 0.15) is 112 Å². The van der Waals surface area contributed by atoms with Crippen molar-refractivity contribution in [1.29, 1.82) is 0 Å². The molecule has 0 aromatic heterocycles. The van der Waals surface area contributed by atoms with Crippen LogP contribution in [0.3, 0.4) is 0 Å². The molecule has 14 nitrogen and oxygen atoms in total. The van der Waals surface area contributed by atoms with E-state index in [1.165, 1.54) is 12.2 Å². The van der Waals surface area contributed by atoms with E-state index in [4.69, 9.17) is 0 Å². The van der Waals surface area contributed by atoms with Gasteiger partial charge in [-0.1, -0.05) is 54.4 Å². The summed E-state index contributed by atoms with van der Waals surface area (Å²) in [6.45, 7) is 13.4. The van der Waals surface area contributed by atoms with Crippen LogP contribution in [-0.4, -0.2) is 106 Å². The zero-order valence-corrected chi connectivity index (χ0v) is 32.7. The van der Waals surface area contributed by atoms with E-state index in [9.17, 15) is 38.4 Å². The van der Waals surface area contributed by atoms with Crippen molar-refractivity contribution >= 4 is 59.0 Å². The Bertz CT molecular complexity index is 1300. The van der Waals surface area contributed by atoms with Gasteiger partial charge in [-0.15, -0.1) is 0 Å². The molecule has 0 radical (unpaired) electrons. The lowest BCUT2D eigenvalue weighted by atomic mass is 9.80. The third-order valence-corrected chi connectivity index (χ3v) is 10.1. The zero-order valence-electron chi connectivity index (χ0n) is 31.9. The second-order valence-electron chi connectivity index (χ2n) is 15.4. The highest BCUT2D eigenvalue weighted by Gasteiger charge is 2.44. The van der Waals surface area contributed by atoms with Crippen molar-refractivity contribution < 1.29 is 38.4 Å². The van der Waals surface area contributed by atoms with Gasteiger partial charge < -0.3 is 21.3 Å². The molecule has 4 N–H and O–H groups in total. The van der Waals surface area contributed by atoms with Crippen molar-refractivity contribution in [1.82, 2.24) is 31.1 Å². The molecular formula is C37H60N6O8S. The van der Waals surface area contributed by atoms with Gasteiger partial charge in [0, 0.05) is 81.1 Å². The van der Waals surface area contributed by atoms with Crippen LogP contribution in [0.15, 0.2) is 12.2 Å². The number of imide groups is 2. The van der Waals surface area contributed by atoms with Crippen LogP contribution < -0.4 is 21.3 Å². The van der Waals surface area contributed by atoms with Gasteiger partial charge in [-0.2, -0.15) is 11.8 Å². The number of carbonyl (C=O) groups is 8. The Balaban J connectivity index is 1.77. The van der Waals surface area contributed by atoms with Crippen molar-refractivity contribution in [3.8, 4) is 0 Å². The van der Waals surface area contributed by atoms with Gasteiger partial charge in [0.05, 0.1) is 5.92 Å². The predicted molar refractivity (Wildman–Crippen MR) is 199 cm³/mol. The summed E-state index contributed by atoms with van der Waals surface area (Å²) in [5.41, 5.74) is -0.378.